The molecule has 0 saturated carbocycles. The number of H-pyrrole nitrogens is 1. The monoisotopic (exact) mass is 348 g/mol. The molecule has 0 spiro atoms. The molecular weight excluding hydrogens is 324 g/mol. The van der Waals surface area contributed by atoms with Gasteiger partial charge in [-0.15, -0.1) is 0 Å². The molecule has 0 unspecified atom stereocenters. The number of aliphatic hydroxyl groups excluding tert-OH is 1. The van der Waals surface area contributed by atoms with Gasteiger partial charge in [-0.3, -0.25) is 4.90 Å². The van der Waals surface area contributed by atoms with Crippen molar-refractivity contribution in [3.8, 4) is 5.75 Å². The van der Waals surface area contributed by atoms with E-state index in [1.807, 2.05) is 29.3 Å². The molecule has 3 rings (SSSR count). The molecule has 25 heavy (non-hydrogen) atoms. The fourth-order valence-corrected chi connectivity index (χ4v) is 3.30. The van der Waals surface area contributed by atoms with Gasteiger partial charge in [0.15, 0.2) is 0 Å². The Bertz CT molecular complexity index is 729. The van der Waals surface area contributed by atoms with E-state index >= 15 is 0 Å². The van der Waals surface area contributed by atoms with E-state index in [2.05, 4.69) is 9.72 Å². The number of methoxy groups -OCH3 is 2. The lowest BCUT2D eigenvalue weighted by Gasteiger charge is -2.37. The molecule has 1 aliphatic heterocycles. The Balaban J connectivity index is 1.65. The number of carbonyl (C=O) groups excluding carboxylic acids is 1. The number of rotatable bonds is 5. The van der Waals surface area contributed by atoms with Crippen molar-refractivity contribution in [2.45, 2.75) is 31.6 Å². The third-order valence-corrected chi connectivity index (χ3v) is 4.70. The number of benzene rings is 1. The van der Waals surface area contributed by atoms with Crippen LogP contribution in [-0.2, 0) is 15.9 Å². The zero-order valence-corrected chi connectivity index (χ0v) is 14.5. The Labute approximate surface area is 146 Å². The van der Waals surface area contributed by atoms with Crippen LogP contribution in [0, 0.1) is 0 Å². The Morgan fingerprint density at radius 3 is 3.00 bits per heavy atom. The highest BCUT2D eigenvalue weighted by molar-refractivity contribution is 5.84. The van der Waals surface area contributed by atoms with Crippen molar-refractivity contribution in [1.82, 2.24) is 9.88 Å². The third kappa shape index (κ3) is 3.88. The number of piperidine rings is 1. The van der Waals surface area contributed by atoms with Crippen molar-refractivity contribution in [2.75, 3.05) is 27.3 Å². The Morgan fingerprint density at radius 1 is 1.40 bits per heavy atom. The lowest BCUT2D eigenvalue weighted by molar-refractivity contribution is -0.119. The minimum atomic E-state index is -0.812. The molecule has 7 nitrogen and oxygen atoms in total. The number of aromatic nitrogens is 1. The smallest absolute Gasteiger partial charge is 0.497 e. The minimum absolute atomic E-state index is 0.552. The average Bonchev–Trinajstić information content (AvgIpc) is 3.04. The van der Waals surface area contributed by atoms with Gasteiger partial charge in [-0.2, -0.15) is 0 Å². The maximum Gasteiger partial charge on any atom is 0.508 e. The number of aromatic amines is 1. The summed E-state index contributed by atoms with van der Waals surface area (Å²) in [4.78, 5) is 16.5. The van der Waals surface area contributed by atoms with Crippen molar-refractivity contribution in [3.05, 3.63) is 30.0 Å². The van der Waals surface area contributed by atoms with Crippen molar-refractivity contribution >= 4 is 17.1 Å². The van der Waals surface area contributed by atoms with E-state index in [4.69, 9.17) is 9.47 Å². The molecule has 2 aromatic rings. The summed E-state index contributed by atoms with van der Waals surface area (Å²) in [5.41, 5.74) is 2.22. The second-order valence-corrected chi connectivity index (χ2v) is 6.18. The van der Waals surface area contributed by atoms with Crippen molar-refractivity contribution in [3.63, 3.8) is 0 Å². The molecule has 1 aromatic heterocycles. The van der Waals surface area contributed by atoms with Crippen LogP contribution >= 0.6 is 0 Å². The highest BCUT2D eigenvalue weighted by Crippen LogP contribution is 2.25. The zero-order valence-electron chi connectivity index (χ0n) is 14.5. The van der Waals surface area contributed by atoms with Crippen LogP contribution in [0.25, 0.3) is 10.9 Å². The number of ether oxygens (including phenoxy) is 3. The molecular formula is C18H24N2O5. The van der Waals surface area contributed by atoms with Crippen LogP contribution in [0.3, 0.4) is 0 Å². The molecule has 0 aliphatic carbocycles. The van der Waals surface area contributed by atoms with Crippen LogP contribution in [0.15, 0.2) is 24.4 Å². The number of nitrogens with one attached hydrogen (secondary N) is 1. The van der Waals surface area contributed by atoms with Crippen molar-refractivity contribution in [1.29, 1.82) is 0 Å². The van der Waals surface area contributed by atoms with Gasteiger partial charge in [0.05, 0.1) is 14.2 Å². The normalized spacial score (nSPS) is 21.2. The van der Waals surface area contributed by atoms with Gasteiger partial charge in [0.1, 0.15) is 18.1 Å². The maximum absolute atomic E-state index is 11.3. The first-order chi connectivity index (χ1) is 12.1. The zero-order chi connectivity index (χ0) is 17.8. The predicted molar refractivity (Wildman–Crippen MR) is 92.6 cm³/mol. The highest BCUT2D eigenvalue weighted by atomic mass is 16.7. The van der Waals surface area contributed by atoms with E-state index in [0.29, 0.717) is 13.0 Å². The topological polar surface area (TPSA) is 84.0 Å². The van der Waals surface area contributed by atoms with Gasteiger partial charge in [0, 0.05) is 30.2 Å². The van der Waals surface area contributed by atoms with Gasteiger partial charge in [-0.25, -0.2) is 4.79 Å². The van der Waals surface area contributed by atoms with Crippen LogP contribution in [0.5, 0.6) is 5.75 Å². The van der Waals surface area contributed by atoms with E-state index in [1.165, 1.54) is 7.11 Å². The first-order valence-corrected chi connectivity index (χ1v) is 8.43. The lowest BCUT2D eigenvalue weighted by atomic mass is 10.0. The molecule has 0 bridgehead atoms. The van der Waals surface area contributed by atoms with Gasteiger partial charge in [0.25, 0.3) is 0 Å². The number of hydrogen-bond acceptors (Lipinski definition) is 6. The van der Waals surface area contributed by atoms with Crippen molar-refractivity contribution < 1.29 is 24.1 Å². The van der Waals surface area contributed by atoms with Gasteiger partial charge < -0.3 is 24.3 Å². The molecule has 2 N–H and O–H groups in total. The molecule has 1 saturated heterocycles. The SMILES string of the molecule is COC(=O)O[C@H]1CCCN(CCc2c[nH]c3ccc(OC)cc23)[C@@H]1O. The summed E-state index contributed by atoms with van der Waals surface area (Å²) in [7, 11) is 2.92. The summed E-state index contributed by atoms with van der Waals surface area (Å²) in [6.45, 7) is 1.44. The van der Waals surface area contributed by atoms with E-state index in [-0.39, 0.29) is 0 Å². The maximum atomic E-state index is 11.3. The standard InChI is InChI=1S/C18H24N2O5/c1-23-13-5-6-15-14(10-13)12(11-19-15)7-9-20-8-3-4-16(17(20)21)25-18(22)24-2/h5-6,10-11,16-17,19,21H,3-4,7-9H2,1-2H3/t16-,17+/m0/s1. The summed E-state index contributed by atoms with van der Waals surface area (Å²) >= 11 is 0. The fraction of sp³-hybridized carbons (Fsp3) is 0.500. The Kier molecular flexibility index (Phi) is 5.45. The quantitative estimate of drug-likeness (QED) is 0.807. The summed E-state index contributed by atoms with van der Waals surface area (Å²) in [6, 6.07) is 5.93. The first-order valence-electron chi connectivity index (χ1n) is 8.43. The predicted octanol–water partition coefficient (Wildman–Crippen LogP) is 2.28. The second-order valence-electron chi connectivity index (χ2n) is 6.18. The molecule has 1 fully saturated rings. The molecule has 1 aliphatic rings. The number of aliphatic hydroxyl groups is 1. The van der Waals surface area contributed by atoms with Crippen molar-refractivity contribution in [2.24, 2.45) is 0 Å². The van der Waals surface area contributed by atoms with Gasteiger partial charge >= 0.3 is 6.16 Å². The minimum Gasteiger partial charge on any atom is -0.497 e. The molecule has 136 valence electrons. The fourth-order valence-electron chi connectivity index (χ4n) is 3.30. The van der Waals surface area contributed by atoms with Crippen LogP contribution in [0.2, 0.25) is 0 Å². The van der Waals surface area contributed by atoms with Crippen LogP contribution in [0.4, 0.5) is 4.79 Å². The van der Waals surface area contributed by atoms with E-state index in [1.54, 1.807) is 7.11 Å². The molecule has 2 atom stereocenters. The number of carbonyl (C=O) groups is 1. The number of hydrogen-bond donors (Lipinski definition) is 2. The van der Waals surface area contributed by atoms with E-state index in [0.717, 1.165) is 41.6 Å². The molecule has 2 heterocycles. The van der Waals surface area contributed by atoms with E-state index < -0.39 is 18.5 Å². The second kappa shape index (κ2) is 7.76. The Morgan fingerprint density at radius 2 is 2.24 bits per heavy atom. The molecule has 1 aromatic carbocycles. The summed E-state index contributed by atoms with van der Waals surface area (Å²) < 4.78 is 15.0. The van der Waals surface area contributed by atoms with Crippen LogP contribution in [0.1, 0.15) is 18.4 Å². The van der Waals surface area contributed by atoms with Crippen LogP contribution in [-0.4, -0.2) is 60.8 Å². The third-order valence-electron chi connectivity index (χ3n) is 4.70. The number of fused-ring (bicyclic) bond motifs is 1. The number of nitrogens with zero attached hydrogens (tertiary/aromatic N) is 1. The van der Waals surface area contributed by atoms with Gasteiger partial charge in [-0.1, -0.05) is 0 Å². The van der Waals surface area contributed by atoms with E-state index in [9.17, 15) is 9.90 Å². The summed E-state index contributed by atoms with van der Waals surface area (Å²) in [6.07, 6.45) is 2.14. The summed E-state index contributed by atoms with van der Waals surface area (Å²) in [5.74, 6) is 0.817. The largest absolute Gasteiger partial charge is 0.508 e. The molecule has 7 heteroatoms. The Hall–Kier alpha value is -2.25. The van der Waals surface area contributed by atoms with Crippen LogP contribution < -0.4 is 4.74 Å². The van der Waals surface area contributed by atoms with Gasteiger partial charge in [-0.05, 0) is 43.0 Å². The average molecular weight is 348 g/mol. The lowest BCUT2D eigenvalue weighted by Crippen LogP contribution is -2.50. The van der Waals surface area contributed by atoms with Gasteiger partial charge in [0.2, 0.25) is 0 Å². The first kappa shape index (κ1) is 17.6. The molecule has 0 radical (unpaired) electrons. The number of likely N-dealkylation sites (tertiary alicyclic amines) is 1. The highest BCUT2D eigenvalue weighted by Gasteiger charge is 2.32. The molecule has 0 amide bonds. The summed E-state index contributed by atoms with van der Waals surface area (Å²) in [5, 5.41) is 11.6.